The molecule has 0 radical (unpaired) electrons. The van der Waals surface area contributed by atoms with Gasteiger partial charge in [-0.3, -0.25) is 4.79 Å². The first-order chi connectivity index (χ1) is 13.8. The van der Waals surface area contributed by atoms with Crippen molar-refractivity contribution in [2.45, 2.75) is 19.6 Å². The van der Waals surface area contributed by atoms with Crippen LogP contribution in [0.3, 0.4) is 0 Å². The second-order valence-corrected chi connectivity index (χ2v) is 9.20. The molecule has 0 aliphatic carbocycles. The number of nitrogens with zero attached hydrogens (tertiary/aromatic N) is 1. The number of carbonyl (C=O) groups excluding carboxylic acids is 1. The molecule has 0 saturated heterocycles. The van der Waals surface area contributed by atoms with Crippen LogP contribution in [0.5, 0.6) is 0 Å². The van der Waals surface area contributed by atoms with Crippen molar-refractivity contribution in [1.29, 1.82) is 0 Å². The fourth-order valence-corrected chi connectivity index (χ4v) is 4.62. The Morgan fingerprint density at radius 3 is 2.55 bits per heavy atom. The molecule has 7 nitrogen and oxygen atoms in total. The van der Waals surface area contributed by atoms with Crippen LogP contribution in [-0.4, -0.2) is 25.9 Å². The quantitative estimate of drug-likeness (QED) is 0.527. The summed E-state index contributed by atoms with van der Waals surface area (Å²) in [4.78, 5) is 17.5. The van der Waals surface area contributed by atoms with Crippen molar-refractivity contribution in [3.8, 4) is 10.8 Å². The van der Waals surface area contributed by atoms with Gasteiger partial charge in [-0.15, -0.1) is 17.9 Å². The maximum atomic E-state index is 12.6. The molecule has 2 N–H and O–H groups in total. The van der Waals surface area contributed by atoms with Crippen molar-refractivity contribution < 1.29 is 17.6 Å². The number of rotatable bonds is 8. The molecule has 0 aliphatic rings. The van der Waals surface area contributed by atoms with Crippen LogP contribution in [0, 0.1) is 13.8 Å². The number of benzene rings is 1. The third-order valence-corrected chi connectivity index (χ3v) is 6.46. The Morgan fingerprint density at radius 1 is 1.21 bits per heavy atom. The van der Waals surface area contributed by atoms with Crippen molar-refractivity contribution >= 4 is 33.0 Å². The summed E-state index contributed by atoms with van der Waals surface area (Å²) < 4.78 is 31.8. The minimum atomic E-state index is -3.43. The molecule has 0 bridgehead atoms. The molecule has 1 amide bonds. The van der Waals surface area contributed by atoms with E-state index in [4.69, 9.17) is 4.42 Å². The number of furan rings is 1. The normalized spacial score (nSPS) is 11.4. The molecular weight excluding hydrogens is 410 g/mol. The van der Waals surface area contributed by atoms with Gasteiger partial charge in [-0.1, -0.05) is 18.2 Å². The van der Waals surface area contributed by atoms with E-state index >= 15 is 0 Å². The van der Waals surface area contributed by atoms with Crippen LogP contribution < -0.4 is 10.0 Å². The van der Waals surface area contributed by atoms with Crippen LogP contribution in [0.15, 0.2) is 53.5 Å². The average Bonchev–Trinajstić information content (AvgIpc) is 3.27. The van der Waals surface area contributed by atoms with E-state index in [1.54, 1.807) is 31.2 Å². The molecule has 2 aromatic heterocycles. The van der Waals surface area contributed by atoms with E-state index in [9.17, 15) is 13.2 Å². The maximum Gasteiger partial charge on any atom is 0.267 e. The Kier molecular flexibility index (Phi) is 6.31. The molecule has 0 unspecified atom stereocenters. The van der Waals surface area contributed by atoms with Gasteiger partial charge in [0.2, 0.25) is 10.0 Å². The number of hydrogen-bond acceptors (Lipinski definition) is 6. The van der Waals surface area contributed by atoms with E-state index in [0.29, 0.717) is 32.6 Å². The van der Waals surface area contributed by atoms with E-state index in [2.05, 4.69) is 21.6 Å². The van der Waals surface area contributed by atoms with E-state index in [1.165, 1.54) is 17.4 Å². The molecule has 0 fully saturated rings. The third kappa shape index (κ3) is 5.41. The number of amides is 1. The van der Waals surface area contributed by atoms with Gasteiger partial charge in [-0.25, -0.2) is 18.1 Å². The fraction of sp³-hybridized carbons (Fsp3) is 0.200. The molecule has 0 atom stereocenters. The first-order valence-corrected chi connectivity index (χ1v) is 11.3. The smallest absolute Gasteiger partial charge is 0.267 e. The molecule has 1 aromatic carbocycles. The first-order valence-electron chi connectivity index (χ1n) is 8.80. The van der Waals surface area contributed by atoms with Crippen molar-refractivity contribution in [3.05, 3.63) is 70.9 Å². The standard InChI is InChI=1S/C20H21N3O4S2/c1-4-11-21-29(25,26)12-15-6-8-16(9-7-15)23-19(24)18-14(3)22-20(28-18)17-10-5-13(2)27-17/h4-10,21H,1,11-12H2,2-3H3,(H,23,24). The van der Waals surface area contributed by atoms with Crippen molar-refractivity contribution in [1.82, 2.24) is 9.71 Å². The summed E-state index contributed by atoms with van der Waals surface area (Å²) in [5.41, 5.74) is 1.80. The number of aryl methyl sites for hydroxylation is 2. The molecule has 29 heavy (non-hydrogen) atoms. The molecule has 0 saturated carbocycles. The summed E-state index contributed by atoms with van der Waals surface area (Å²) in [7, 11) is -3.43. The number of aromatic nitrogens is 1. The molecule has 3 aromatic rings. The van der Waals surface area contributed by atoms with Gasteiger partial charge >= 0.3 is 0 Å². The minimum absolute atomic E-state index is 0.144. The van der Waals surface area contributed by atoms with Crippen LogP contribution >= 0.6 is 11.3 Å². The summed E-state index contributed by atoms with van der Waals surface area (Å²) in [6.45, 7) is 7.29. The van der Waals surface area contributed by atoms with Crippen LogP contribution in [0.4, 0.5) is 5.69 Å². The minimum Gasteiger partial charge on any atom is -0.459 e. The van der Waals surface area contributed by atoms with Crippen molar-refractivity contribution in [2.75, 3.05) is 11.9 Å². The van der Waals surface area contributed by atoms with E-state index in [-0.39, 0.29) is 18.2 Å². The molecular formula is C20H21N3O4S2. The van der Waals surface area contributed by atoms with E-state index in [1.807, 2.05) is 19.1 Å². The molecule has 2 heterocycles. The Balaban J connectivity index is 1.68. The molecule has 3 rings (SSSR count). The Labute approximate surface area is 173 Å². The zero-order chi connectivity index (χ0) is 21.0. The Bertz CT molecular complexity index is 1130. The Morgan fingerprint density at radius 2 is 1.93 bits per heavy atom. The number of carbonyl (C=O) groups is 1. The molecule has 0 spiro atoms. The first kappa shape index (κ1) is 21.0. The predicted molar refractivity (Wildman–Crippen MR) is 115 cm³/mol. The van der Waals surface area contributed by atoms with Crippen LogP contribution in [0.2, 0.25) is 0 Å². The van der Waals surface area contributed by atoms with Gasteiger partial charge in [0.05, 0.1) is 11.4 Å². The summed E-state index contributed by atoms with van der Waals surface area (Å²) >= 11 is 1.26. The number of nitrogens with one attached hydrogen (secondary N) is 2. The van der Waals surface area contributed by atoms with Crippen molar-refractivity contribution in [3.63, 3.8) is 0 Å². The summed E-state index contributed by atoms with van der Waals surface area (Å²) in [5, 5.41) is 3.46. The lowest BCUT2D eigenvalue weighted by Gasteiger charge is -2.07. The predicted octanol–water partition coefficient (Wildman–Crippen LogP) is 3.88. The van der Waals surface area contributed by atoms with Gasteiger partial charge < -0.3 is 9.73 Å². The lowest BCUT2D eigenvalue weighted by molar-refractivity contribution is 0.103. The second-order valence-electron chi connectivity index (χ2n) is 6.39. The van der Waals surface area contributed by atoms with Gasteiger partial charge in [-0.05, 0) is 43.7 Å². The van der Waals surface area contributed by atoms with Crippen LogP contribution in [-0.2, 0) is 15.8 Å². The van der Waals surface area contributed by atoms with Crippen molar-refractivity contribution in [2.24, 2.45) is 0 Å². The zero-order valence-electron chi connectivity index (χ0n) is 16.1. The number of hydrogen-bond donors (Lipinski definition) is 2. The number of sulfonamides is 1. The van der Waals surface area contributed by atoms with Gasteiger partial charge in [0.15, 0.2) is 10.8 Å². The monoisotopic (exact) mass is 431 g/mol. The highest BCUT2D eigenvalue weighted by molar-refractivity contribution is 7.88. The Hall–Kier alpha value is -2.75. The second kappa shape index (κ2) is 8.73. The van der Waals surface area contributed by atoms with Gasteiger partial charge in [0.25, 0.3) is 5.91 Å². The van der Waals surface area contributed by atoms with Gasteiger partial charge in [0.1, 0.15) is 10.6 Å². The van der Waals surface area contributed by atoms with Crippen LogP contribution in [0.25, 0.3) is 10.8 Å². The SMILES string of the molecule is C=CCNS(=O)(=O)Cc1ccc(NC(=O)c2sc(-c3ccc(C)o3)nc2C)cc1. The highest BCUT2D eigenvalue weighted by Crippen LogP contribution is 2.29. The summed E-state index contributed by atoms with van der Waals surface area (Å²) in [6.07, 6.45) is 1.48. The van der Waals surface area contributed by atoms with Crippen LogP contribution in [0.1, 0.15) is 26.7 Å². The number of thiazole rings is 1. The highest BCUT2D eigenvalue weighted by atomic mass is 32.2. The van der Waals surface area contributed by atoms with Gasteiger partial charge in [-0.2, -0.15) is 0 Å². The van der Waals surface area contributed by atoms with Gasteiger partial charge in [0, 0.05) is 12.2 Å². The fourth-order valence-electron chi connectivity index (χ4n) is 2.59. The molecule has 9 heteroatoms. The zero-order valence-corrected chi connectivity index (χ0v) is 17.7. The summed E-state index contributed by atoms with van der Waals surface area (Å²) in [5.74, 6) is 0.989. The van der Waals surface area contributed by atoms with E-state index in [0.717, 1.165) is 5.76 Å². The lowest BCUT2D eigenvalue weighted by Crippen LogP contribution is -2.25. The largest absolute Gasteiger partial charge is 0.459 e. The molecule has 152 valence electrons. The third-order valence-electron chi connectivity index (χ3n) is 3.97. The number of anilines is 1. The summed E-state index contributed by atoms with van der Waals surface area (Å²) in [6, 6.07) is 10.3. The maximum absolute atomic E-state index is 12.6. The lowest BCUT2D eigenvalue weighted by atomic mass is 10.2. The molecule has 0 aliphatic heterocycles. The highest BCUT2D eigenvalue weighted by Gasteiger charge is 2.18. The average molecular weight is 432 g/mol. The topological polar surface area (TPSA) is 101 Å². The van der Waals surface area contributed by atoms with E-state index < -0.39 is 10.0 Å².